The van der Waals surface area contributed by atoms with Crippen molar-refractivity contribution in [2.45, 2.75) is 64.6 Å². The van der Waals surface area contributed by atoms with E-state index in [2.05, 4.69) is 39.6 Å². The molecule has 102 valence electrons. The van der Waals surface area contributed by atoms with Crippen LogP contribution in [0.3, 0.4) is 0 Å². The lowest BCUT2D eigenvalue weighted by Gasteiger charge is -2.49. The maximum Gasteiger partial charge on any atom is 0.0590 e. The number of nitrogens with zero attached hydrogens (tertiary/aromatic N) is 1. The second kappa shape index (κ2) is 6.17. The molecule has 0 aromatic rings. The molecule has 0 aromatic heterocycles. The Bertz CT molecular complexity index is 232. The van der Waals surface area contributed by atoms with E-state index in [1.54, 1.807) is 0 Å². The minimum Gasteiger partial charge on any atom is -0.378 e. The average molecular weight is 242 g/mol. The van der Waals surface area contributed by atoms with E-state index in [4.69, 9.17) is 10.5 Å². The topological polar surface area (TPSA) is 38.5 Å². The first-order valence-corrected chi connectivity index (χ1v) is 7.01. The monoisotopic (exact) mass is 242 g/mol. The highest BCUT2D eigenvalue weighted by molar-refractivity contribution is 4.97. The van der Waals surface area contributed by atoms with Gasteiger partial charge in [0, 0.05) is 24.7 Å². The molecule has 2 N–H and O–H groups in total. The molecule has 0 radical (unpaired) electrons. The molecule has 1 aliphatic rings. The largest absolute Gasteiger partial charge is 0.378 e. The van der Waals surface area contributed by atoms with Gasteiger partial charge in [0.2, 0.25) is 0 Å². The summed E-state index contributed by atoms with van der Waals surface area (Å²) in [5.74, 6) is 0.659. The molecule has 1 rings (SSSR count). The first kappa shape index (κ1) is 14.9. The normalized spacial score (nSPS) is 32.1. The zero-order valence-corrected chi connectivity index (χ0v) is 12.2. The quantitative estimate of drug-likeness (QED) is 0.803. The third-order valence-corrected chi connectivity index (χ3v) is 4.69. The Kier molecular flexibility index (Phi) is 5.42. The van der Waals surface area contributed by atoms with E-state index in [1.807, 2.05) is 0 Å². The minimum atomic E-state index is 0.141. The summed E-state index contributed by atoms with van der Waals surface area (Å²) in [6.45, 7) is 10.6. The number of rotatable bonds is 5. The average Bonchev–Trinajstić information content (AvgIpc) is 2.36. The van der Waals surface area contributed by atoms with Crippen LogP contribution in [0.2, 0.25) is 0 Å². The van der Waals surface area contributed by atoms with Gasteiger partial charge >= 0.3 is 0 Å². The highest BCUT2D eigenvalue weighted by atomic mass is 16.5. The van der Waals surface area contributed by atoms with Crippen LogP contribution in [0.1, 0.15) is 47.0 Å². The van der Waals surface area contributed by atoms with E-state index in [0.717, 1.165) is 32.4 Å². The lowest BCUT2D eigenvalue weighted by molar-refractivity contribution is -0.0786. The van der Waals surface area contributed by atoms with Crippen LogP contribution >= 0.6 is 0 Å². The van der Waals surface area contributed by atoms with Crippen molar-refractivity contribution in [3.8, 4) is 0 Å². The molecule has 0 amide bonds. The third-order valence-electron chi connectivity index (χ3n) is 4.69. The van der Waals surface area contributed by atoms with Crippen molar-refractivity contribution < 1.29 is 4.74 Å². The third kappa shape index (κ3) is 3.21. The number of nitrogens with two attached hydrogens (primary N) is 1. The van der Waals surface area contributed by atoms with E-state index >= 15 is 0 Å². The molecular weight excluding hydrogens is 212 g/mol. The summed E-state index contributed by atoms with van der Waals surface area (Å²) >= 11 is 0. The summed E-state index contributed by atoms with van der Waals surface area (Å²) in [6.07, 6.45) is 3.61. The van der Waals surface area contributed by atoms with E-state index < -0.39 is 0 Å². The van der Waals surface area contributed by atoms with Gasteiger partial charge in [0.25, 0.3) is 0 Å². The number of hydrogen-bond donors (Lipinski definition) is 1. The second-order valence-corrected chi connectivity index (χ2v) is 5.88. The van der Waals surface area contributed by atoms with Gasteiger partial charge in [0.15, 0.2) is 0 Å². The number of ether oxygens (including phenoxy) is 1. The van der Waals surface area contributed by atoms with Gasteiger partial charge in [-0.3, -0.25) is 4.90 Å². The number of hydrogen-bond acceptors (Lipinski definition) is 3. The molecule has 0 bridgehead atoms. The summed E-state index contributed by atoms with van der Waals surface area (Å²) in [5, 5.41) is 0. The lowest BCUT2D eigenvalue weighted by Crippen LogP contribution is -2.60. The Morgan fingerprint density at radius 2 is 2.06 bits per heavy atom. The van der Waals surface area contributed by atoms with Crippen LogP contribution in [0.4, 0.5) is 0 Å². The SMILES string of the molecule is CCC1CC(CN)(N(C)C(C)C(C)C)CCO1. The Balaban J connectivity index is 2.79. The van der Waals surface area contributed by atoms with Crippen molar-refractivity contribution in [2.75, 3.05) is 20.2 Å². The van der Waals surface area contributed by atoms with Gasteiger partial charge in [-0.2, -0.15) is 0 Å². The van der Waals surface area contributed by atoms with Crippen LogP contribution in [-0.2, 0) is 4.74 Å². The van der Waals surface area contributed by atoms with Crippen LogP contribution in [0, 0.1) is 5.92 Å². The zero-order valence-electron chi connectivity index (χ0n) is 12.2. The predicted molar refractivity (Wildman–Crippen MR) is 73.1 cm³/mol. The maximum atomic E-state index is 6.10. The fourth-order valence-corrected chi connectivity index (χ4v) is 2.79. The van der Waals surface area contributed by atoms with Crippen molar-refractivity contribution in [3.05, 3.63) is 0 Å². The molecule has 0 aliphatic carbocycles. The van der Waals surface area contributed by atoms with Gasteiger partial charge in [-0.15, -0.1) is 0 Å². The molecule has 0 spiro atoms. The molecule has 0 aromatic carbocycles. The lowest BCUT2D eigenvalue weighted by atomic mass is 9.82. The van der Waals surface area contributed by atoms with Crippen LogP contribution in [0.15, 0.2) is 0 Å². The molecule has 1 heterocycles. The number of likely N-dealkylation sites (N-methyl/N-ethyl adjacent to an activating group) is 1. The molecule has 1 saturated heterocycles. The summed E-state index contributed by atoms with van der Waals surface area (Å²) in [4.78, 5) is 2.50. The molecule has 1 aliphatic heterocycles. The molecule has 3 heteroatoms. The van der Waals surface area contributed by atoms with Crippen molar-refractivity contribution in [1.82, 2.24) is 4.90 Å². The zero-order chi connectivity index (χ0) is 13.1. The fourth-order valence-electron chi connectivity index (χ4n) is 2.79. The highest BCUT2D eigenvalue weighted by Crippen LogP contribution is 2.33. The van der Waals surface area contributed by atoms with Crippen molar-refractivity contribution in [3.63, 3.8) is 0 Å². The molecule has 1 fully saturated rings. The van der Waals surface area contributed by atoms with Gasteiger partial charge < -0.3 is 10.5 Å². The van der Waals surface area contributed by atoms with E-state index in [1.165, 1.54) is 0 Å². The van der Waals surface area contributed by atoms with Crippen molar-refractivity contribution >= 4 is 0 Å². The van der Waals surface area contributed by atoms with E-state index in [9.17, 15) is 0 Å². The predicted octanol–water partition coefficient (Wildman–Crippen LogP) is 2.25. The van der Waals surface area contributed by atoms with Crippen LogP contribution in [0.5, 0.6) is 0 Å². The van der Waals surface area contributed by atoms with Crippen LogP contribution in [0.25, 0.3) is 0 Å². The van der Waals surface area contributed by atoms with Gasteiger partial charge in [0.05, 0.1) is 6.10 Å². The summed E-state index contributed by atoms with van der Waals surface area (Å²) in [7, 11) is 2.23. The molecule has 3 unspecified atom stereocenters. The van der Waals surface area contributed by atoms with Crippen LogP contribution in [-0.4, -0.2) is 42.8 Å². The van der Waals surface area contributed by atoms with Gasteiger partial charge in [-0.1, -0.05) is 20.8 Å². The Hall–Kier alpha value is -0.120. The molecule has 0 saturated carbocycles. The minimum absolute atomic E-state index is 0.141. The molecular formula is C14H30N2O. The first-order chi connectivity index (χ1) is 7.96. The Labute approximate surface area is 107 Å². The summed E-state index contributed by atoms with van der Waals surface area (Å²) in [5.41, 5.74) is 6.24. The van der Waals surface area contributed by atoms with Gasteiger partial charge in [-0.05, 0) is 39.2 Å². The standard InChI is InChI=1S/C14H30N2O/c1-6-13-9-14(10-15,7-8-17-13)16(5)12(4)11(2)3/h11-13H,6-10,15H2,1-5H3. The summed E-state index contributed by atoms with van der Waals surface area (Å²) < 4.78 is 5.79. The van der Waals surface area contributed by atoms with Gasteiger partial charge in [0.1, 0.15) is 0 Å². The van der Waals surface area contributed by atoms with Gasteiger partial charge in [-0.25, -0.2) is 0 Å². The van der Waals surface area contributed by atoms with Crippen molar-refractivity contribution in [2.24, 2.45) is 11.7 Å². The van der Waals surface area contributed by atoms with Crippen molar-refractivity contribution in [1.29, 1.82) is 0 Å². The second-order valence-electron chi connectivity index (χ2n) is 5.88. The fraction of sp³-hybridized carbons (Fsp3) is 1.00. The van der Waals surface area contributed by atoms with Crippen LogP contribution < -0.4 is 5.73 Å². The molecule has 3 atom stereocenters. The summed E-state index contributed by atoms with van der Waals surface area (Å²) in [6, 6.07) is 0.564. The Morgan fingerprint density at radius 1 is 1.41 bits per heavy atom. The maximum absolute atomic E-state index is 6.10. The first-order valence-electron chi connectivity index (χ1n) is 7.01. The molecule has 17 heavy (non-hydrogen) atoms. The highest BCUT2D eigenvalue weighted by Gasteiger charge is 2.40. The molecule has 3 nitrogen and oxygen atoms in total. The smallest absolute Gasteiger partial charge is 0.0590 e. The van der Waals surface area contributed by atoms with E-state index in [0.29, 0.717) is 18.1 Å². The Morgan fingerprint density at radius 3 is 2.53 bits per heavy atom. The van der Waals surface area contributed by atoms with E-state index in [-0.39, 0.29) is 5.54 Å².